The van der Waals surface area contributed by atoms with Crippen molar-refractivity contribution >= 4 is 43.9 Å². The highest BCUT2D eigenvalue weighted by atomic mass is 32.1. The summed E-state index contributed by atoms with van der Waals surface area (Å²) in [4.78, 5) is 11.2. The molecule has 1 aliphatic rings. The number of pyridine rings is 1. The topological polar surface area (TPSA) is 42.7 Å². The van der Waals surface area contributed by atoms with Crippen LogP contribution in [0.1, 0.15) is 30.5 Å². The molecule has 4 aromatic heterocycles. The fourth-order valence-electron chi connectivity index (χ4n) is 4.19. The van der Waals surface area contributed by atoms with Crippen LogP contribution in [0.5, 0.6) is 0 Å². The van der Waals surface area contributed by atoms with Gasteiger partial charge in [-0.2, -0.15) is 0 Å². The first-order valence-electron chi connectivity index (χ1n) is 9.71. The second-order valence-electron chi connectivity index (χ2n) is 7.54. The van der Waals surface area contributed by atoms with Gasteiger partial charge in [-0.15, -0.1) is 22.7 Å². The summed E-state index contributed by atoms with van der Waals surface area (Å²) < 4.78 is 3.77. The summed E-state index contributed by atoms with van der Waals surface area (Å²) in [5.74, 6) is 1.92. The molecule has 0 saturated carbocycles. The Morgan fingerprint density at radius 3 is 2.78 bits per heavy atom. The molecule has 1 aliphatic heterocycles. The molecule has 4 nitrogen and oxygen atoms in total. The van der Waals surface area contributed by atoms with Gasteiger partial charge in [-0.3, -0.25) is 0 Å². The van der Waals surface area contributed by atoms with Gasteiger partial charge in [0.1, 0.15) is 5.52 Å². The Labute approximate surface area is 167 Å². The zero-order valence-electron chi connectivity index (χ0n) is 15.8. The van der Waals surface area contributed by atoms with Crippen LogP contribution in [0.3, 0.4) is 0 Å². The molecule has 1 saturated heterocycles. The smallest absolute Gasteiger partial charge is 0.151 e. The van der Waals surface area contributed by atoms with E-state index in [1.165, 1.54) is 39.9 Å². The minimum absolute atomic E-state index is 0.809. The first-order valence-corrected chi connectivity index (χ1v) is 11.5. The number of rotatable bonds is 4. The quantitative estimate of drug-likeness (QED) is 0.503. The highest BCUT2D eigenvalue weighted by Gasteiger charge is 2.21. The molecule has 0 spiro atoms. The van der Waals surface area contributed by atoms with Gasteiger partial charge in [-0.25, -0.2) is 9.97 Å². The second-order valence-corrected chi connectivity index (χ2v) is 9.36. The van der Waals surface area contributed by atoms with Gasteiger partial charge >= 0.3 is 0 Å². The number of aromatic nitrogens is 3. The number of piperidine rings is 1. The lowest BCUT2D eigenvalue weighted by molar-refractivity contribution is 0.340. The minimum atomic E-state index is 0.809. The molecule has 140 valence electrons. The van der Waals surface area contributed by atoms with Crippen molar-refractivity contribution in [3.05, 3.63) is 34.2 Å². The van der Waals surface area contributed by atoms with Crippen LogP contribution in [0.2, 0.25) is 0 Å². The van der Waals surface area contributed by atoms with Crippen molar-refractivity contribution < 1.29 is 0 Å². The molecule has 0 atom stereocenters. The normalized spacial score (nSPS) is 15.9. The van der Waals surface area contributed by atoms with E-state index in [0.29, 0.717) is 0 Å². The molecule has 6 heteroatoms. The lowest BCUT2D eigenvalue weighted by Gasteiger charge is -2.23. The lowest BCUT2D eigenvalue weighted by Crippen LogP contribution is -2.28. The van der Waals surface area contributed by atoms with Crippen LogP contribution < -0.4 is 5.32 Å². The van der Waals surface area contributed by atoms with E-state index in [2.05, 4.69) is 46.6 Å². The van der Waals surface area contributed by atoms with E-state index in [9.17, 15) is 0 Å². The fourth-order valence-corrected chi connectivity index (χ4v) is 5.96. The number of imidazole rings is 1. The van der Waals surface area contributed by atoms with E-state index in [0.717, 1.165) is 48.1 Å². The molecule has 1 N–H and O–H groups in total. The summed E-state index contributed by atoms with van der Waals surface area (Å²) in [5, 5.41) is 7.85. The van der Waals surface area contributed by atoms with Crippen molar-refractivity contribution in [3.63, 3.8) is 0 Å². The molecule has 27 heavy (non-hydrogen) atoms. The van der Waals surface area contributed by atoms with Crippen LogP contribution in [0, 0.1) is 19.8 Å². The van der Waals surface area contributed by atoms with Gasteiger partial charge in [0, 0.05) is 6.54 Å². The Balaban J connectivity index is 1.68. The Kier molecular flexibility index (Phi) is 4.50. The van der Waals surface area contributed by atoms with Crippen LogP contribution in [-0.4, -0.2) is 27.6 Å². The fraction of sp³-hybridized carbons (Fsp3) is 0.429. The SMILES string of the molecule is Cc1csc2c1nc(C)c1nc(-c3cccs3)n(CCC3CCNCC3)c12. The van der Waals surface area contributed by atoms with Crippen molar-refractivity contribution in [2.24, 2.45) is 5.92 Å². The van der Waals surface area contributed by atoms with Crippen molar-refractivity contribution in [3.8, 4) is 10.7 Å². The molecule has 0 aromatic carbocycles. The number of thiophene rings is 2. The molecule has 1 fully saturated rings. The van der Waals surface area contributed by atoms with Crippen molar-refractivity contribution in [2.75, 3.05) is 13.1 Å². The highest BCUT2D eigenvalue weighted by molar-refractivity contribution is 7.18. The number of nitrogens with zero attached hydrogens (tertiary/aromatic N) is 3. The van der Waals surface area contributed by atoms with E-state index in [1.807, 2.05) is 11.3 Å². The Morgan fingerprint density at radius 1 is 1.15 bits per heavy atom. The van der Waals surface area contributed by atoms with Gasteiger partial charge in [0.25, 0.3) is 0 Å². The van der Waals surface area contributed by atoms with Gasteiger partial charge in [0.2, 0.25) is 0 Å². The van der Waals surface area contributed by atoms with Crippen molar-refractivity contribution in [1.82, 2.24) is 19.9 Å². The zero-order chi connectivity index (χ0) is 18.4. The predicted molar refractivity (Wildman–Crippen MR) is 116 cm³/mol. The average molecular weight is 397 g/mol. The number of hydrogen-bond acceptors (Lipinski definition) is 5. The predicted octanol–water partition coefficient (Wildman–Crippen LogP) is 5.38. The van der Waals surface area contributed by atoms with E-state index in [4.69, 9.17) is 9.97 Å². The molecular weight excluding hydrogens is 372 g/mol. The molecule has 0 bridgehead atoms. The first kappa shape index (κ1) is 17.3. The maximum Gasteiger partial charge on any atom is 0.151 e. The molecule has 0 aliphatic carbocycles. The van der Waals surface area contributed by atoms with Gasteiger partial charge in [-0.1, -0.05) is 6.07 Å². The summed E-state index contributed by atoms with van der Waals surface area (Å²) in [5.41, 5.74) is 5.80. The monoisotopic (exact) mass is 396 g/mol. The molecule has 0 amide bonds. The van der Waals surface area contributed by atoms with Gasteiger partial charge in [-0.05, 0) is 74.5 Å². The number of hydrogen-bond donors (Lipinski definition) is 1. The molecule has 5 heterocycles. The largest absolute Gasteiger partial charge is 0.322 e. The van der Waals surface area contributed by atoms with E-state index in [-0.39, 0.29) is 0 Å². The standard InChI is InChI=1S/C21H24N4S2/c1-13-12-27-20-17(13)23-14(2)18-19(20)25(10-7-15-5-8-22-9-6-15)21(24-18)16-4-3-11-26-16/h3-4,11-12,15,22H,5-10H2,1-2H3. The van der Waals surface area contributed by atoms with Gasteiger partial charge in [0.15, 0.2) is 5.82 Å². The Hall–Kier alpha value is -1.76. The Morgan fingerprint density at radius 2 is 2.00 bits per heavy atom. The third-order valence-corrected chi connectivity index (χ3v) is 7.67. The summed E-state index contributed by atoms with van der Waals surface area (Å²) in [6.07, 6.45) is 3.79. The molecule has 4 aromatic rings. The van der Waals surface area contributed by atoms with Crippen molar-refractivity contribution in [1.29, 1.82) is 0 Å². The maximum atomic E-state index is 5.08. The van der Waals surface area contributed by atoms with Crippen LogP contribution >= 0.6 is 22.7 Å². The Bertz CT molecular complexity index is 1080. The third kappa shape index (κ3) is 3.00. The summed E-state index contributed by atoms with van der Waals surface area (Å²) in [6.45, 7) is 7.60. The van der Waals surface area contributed by atoms with E-state index >= 15 is 0 Å². The van der Waals surface area contributed by atoms with Gasteiger partial charge < -0.3 is 9.88 Å². The summed E-state index contributed by atoms with van der Waals surface area (Å²) >= 11 is 3.58. The zero-order valence-corrected chi connectivity index (χ0v) is 17.4. The first-order chi connectivity index (χ1) is 13.2. The van der Waals surface area contributed by atoms with Crippen molar-refractivity contribution in [2.45, 2.75) is 39.7 Å². The molecule has 0 unspecified atom stereocenters. The minimum Gasteiger partial charge on any atom is -0.322 e. The second kappa shape index (κ2) is 7.00. The van der Waals surface area contributed by atoms with Crippen LogP contribution in [0.15, 0.2) is 22.9 Å². The number of nitrogens with one attached hydrogen (secondary N) is 1. The lowest BCUT2D eigenvalue weighted by atomic mass is 9.95. The molecule has 5 rings (SSSR count). The third-order valence-electron chi connectivity index (χ3n) is 5.71. The van der Waals surface area contributed by atoms with Crippen LogP contribution in [-0.2, 0) is 6.54 Å². The number of aryl methyl sites for hydroxylation is 3. The molecular formula is C21H24N4S2. The van der Waals surface area contributed by atoms with Crippen LogP contribution in [0.25, 0.3) is 32.0 Å². The maximum absolute atomic E-state index is 5.08. The van der Waals surface area contributed by atoms with E-state index in [1.54, 1.807) is 11.3 Å². The highest BCUT2D eigenvalue weighted by Crippen LogP contribution is 2.37. The summed E-state index contributed by atoms with van der Waals surface area (Å²) in [6, 6.07) is 4.30. The number of fused-ring (bicyclic) bond motifs is 3. The van der Waals surface area contributed by atoms with Gasteiger partial charge in [0.05, 0.1) is 26.3 Å². The molecule has 0 radical (unpaired) electrons. The summed E-state index contributed by atoms with van der Waals surface area (Å²) in [7, 11) is 0. The average Bonchev–Trinajstić information content (AvgIpc) is 3.40. The van der Waals surface area contributed by atoms with Crippen LogP contribution in [0.4, 0.5) is 0 Å². The van der Waals surface area contributed by atoms with E-state index < -0.39 is 0 Å².